The average molecular weight is 207 g/mol. The first-order chi connectivity index (χ1) is 6.84. The average Bonchev–Trinajstić information content (AvgIpc) is 2.54. The molecule has 1 heterocycles. The molecule has 0 saturated heterocycles. The number of aromatic nitrogens is 2. The first kappa shape index (κ1) is 8.00. The molecule has 1 aromatic heterocycles. The lowest BCUT2D eigenvalue weighted by molar-refractivity contribution is 0.451. The number of halogens is 1. The summed E-state index contributed by atoms with van der Waals surface area (Å²) >= 11 is 5.57. The molecule has 0 spiro atoms. The van der Waals surface area contributed by atoms with E-state index in [0.29, 0.717) is 5.89 Å². The minimum Gasteiger partial charge on any atom is -0.411 e. The first-order valence-corrected chi connectivity index (χ1v) is 4.79. The molecule has 2 aromatic rings. The third kappa shape index (κ3) is 1.06. The van der Waals surface area contributed by atoms with Crippen molar-refractivity contribution in [2.24, 2.45) is 0 Å². The number of nitrogens with zero attached hydrogens (tertiary/aromatic N) is 2. The van der Waals surface area contributed by atoms with Gasteiger partial charge in [-0.25, -0.2) is 0 Å². The van der Waals surface area contributed by atoms with Gasteiger partial charge in [-0.2, -0.15) is 0 Å². The van der Waals surface area contributed by atoms with E-state index in [1.807, 2.05) is 12.1 Å². The van der Waals surface area contributed by atoms with Gasteiger partial charge in [0.05, 0.1) is 5.92 Å². The fourth-order valence-corrected chi connectivity index (χ4v) is 1.95. The molecule has 1 atom stereocenters. The van der Waals surface area contributed by atoms with Crippen molar-refractivity contribution >= 4 is 11.6 Å². The fraction of sp³-hybridized carbons (Fsp3) is 0.200. The second kappa shape index (κ2) is 2.82. The van der Waals surface area contributed by atoms with Gasteiger partial charge in [-0.1, -0.05) is 29.4 Å². The van der Waals surface area contributed by atoms with Crippen molar-refractivity contribution in [2.45, 2.75) is 12.3 Å². The zero-order valence-corrected chi connectivity index (χ0v) is 8.03. The Morgan fingerprint density at radius 2 is 2.14 bits per heavy atom. The molecule has 0 saturated carbocycles. The highest BCUT2D eigenvalue weighted by molar-refractivity contribution is 6.27. The smallest absolute Gasteiger partial charge is 0.312 e. The van der Waals surface area contributed by atoms with Crippen molar-refractivity contribution in [1.29, 1.82) is 0 Å². The van der Waals surface area contributed by atoms with Crippen molar-refractivity contribution in [1.82, 2.24) is 10.2 Å². The molecule has 4 heteroatoms. The van der Waals surface area contributed by atoms with Gasteiger partial charge in [0.2, 0.25) is 5.89 Å². The predicted octanol–water partition coefficient (Wildman–Crippen LogP) is 2.41. The maximum atomic E-state index is 5.57. The lowest BCUT2D eigenvalue weighted by Gasteiger charge is -2.26. The Kier molecular flexibility index (Phi) is 1.61. The molecule has 0 aliphatic heterocycles. The van der Waals surface area contributed by atoms with Crippen LogP contribution in [0.4, 0.5) is 0 Å². The minimum atomic E-state index is 0.115. The molecule has 1 aliphatic rings. The second-order valence-electron chi connectivity index (χ2n) is 3.35. The lowest BCUT2D eigenvalue weighted by atomic mass is 9.78. The van der Waals surface area contributed by atoms with Crippen molar-refractivity contribution in [2.75, 3.05) is 0 Å². The number of rotatable bonds is 1. The van der Waals surface area contributed by atoms with Gasteiger partial charge in [0.25, 0.3) is 0 Å². The van der Waals surface area contributed by atoms with Gasteiger partial charge in [0.1, 0.15) is 0 Å². The molecule has 0 bridgehead atoms. The standard InChI is InChI=1S/C10H7ClN2O/c11-10-13-12-9(14-10)8-5-6-3-1-2-4-7(6)8/h1-4,8H,5H2. The monoisotopic (exact) mass is 206 g/mol. The normalized spacial score (nSPS) is 18.8. The molecule has 0 amide bonds. The molecule has 3 rings (SSSR count). The summed E-state index contributed by atoms with van der Waals surface area (Å²) in [5.41, 5.74) is 2.62. The van der Waals surface area contributed by atoms with E-state index in [4.69, 9.17) is 16.0 Å². The van der Waals surface area contributed by atoms with E-state index in [0.717, 1.165) is 6.42 Å². The van der Waals surface area contributed by atoms with Crippen molar-refractivity contribution in [3.63, 3.8) is 0 Å². The Bertz CT molecular complexity index is 480. The molecular weight excluding hydrogens is 200 g/mol. The Hall–Kier alpha value is -1.35. The highest BCUT2D eigenvalue weighted by Crippen LogP contribution is 2.39. The van der Waals surface area contributed by atoms with Crippen LogP contribution in [0.5, 0.6) is 0 Å². The van der Waals surface area contributed by atoms with Crippen LogP contribution in [0.25, 0.3) is 0 Å². The number of hydrogen-bond acceptors (Lipinski definition) is 3. The Morgan fingerprint density at radius 1 is 1.29 bits per heavy atom. The number of fused-ring (bicyclic) bond motifs is 1. The number of hydrogen-bond donors (Lipinski definition) is 0. The molecular formula is C10H7ClN2O. The Morgan fingerprint density at radius 3 is 2.86 bits per heavy atom. The third-order valence-corrected chi connectivity index (χ3v) is 2.72. The summed E-state index contributed by atoms with van der Waals surface area (Å²) in [4.78, 5) is 0. The summed E-state index contributed by atoms with van der Waals surface area (Å²) in [6.45, 7) is 0. The van der Waals surface area contributed by atoms with Gasteiger partial charge in [-0.05, 0) is 29.1 Å². The molecule has 1 aliphatic carbocycles. The fourth-order valence-electron chi connectivity index (χ4n) is 1.84. The SMILES string of the molecule is Clc1nnc(C2Cc3ccccc32)o1. The van der Waals surface area contributed by atoms with Crippen LogP contribution in [0.2, 0.25) is 5.35 Å². The Balaban J connectivity index is 1.99. The topological polar surface area (TPSA) is 38.9 Å². The molecule has 70 valence electrons. The van der Waals surface area contributed by atoms with Crippen LogP contribution in [0.15, 0.2) is 28.7 Å². The summed E-state index contributed by atoms with van der Waals surface area (Å²) in [6.07, 6.45) is 0.967. The Labute approximate surface area is 85.7 Å². The van der Waals surface area contributed by atoms with E-state index in [1.54, 1.807) is 0 Å². The molecule has 3 nitrogen and oxygen atoms in total. The van der Waals surface area contributed by atoms with Gasteiger partial charge in [-0.15, -0.1) is 5.10 Å². The van der Waals surface area contributed by atoms with Crippen LogP contribution < -0.4 is 0 Å². The van der Waals surface area contributed by atoms with E-state index in [1.165, 1.54) is 11.1 Å². The number of benzene rings is 1. The van der Waals surface area contributed by atoms with Crippen LogP contribution in [-0.4, -0.2) is 10.2 Å². The van der Waals surface area contributed by atoms with E-state index < -0.39 is 0 Å². The lowest BCUT2D eigenvalue weighted by Crippen LogP contribution is -2.18. The maximum Gasteiger partial charge on any atom is 0.312 e. The van der Waals surface area contributed by atoms with Gasteiger partial charge in [0.15, 0.2) is 0 Å². The maximum absolute atomic E-state index is 5.57. The predicted molar refractivity (Wildman–Crippen MR) is 51.3 cm³/mol. The summed E-state index contributed by atoms with van der Waals surface area (Å²) in [5.74, 6) is 0.861. The summed E-state index contributed by atoms with van der Waals surface area (Å²) in [5, 5.41) is 7.64. The van der Waals surface area contributed by atoms with Gasteiger partial charge in [0, 0.05) is 0 Å². The van der Waals surface area contributed by atoms with Crippen LogP contribution in [0.1, 0.15) is 22.9 Å². The third-order valence-electron chi connectivity index (χ3n) is 2.57. The van der Waals surface area contributed by atoms with E-state index in [9.17, 15) is 0 Å². The van der Waals surface area contributed by atoms with Crippen molar-refractivity contribution < 1.29 is 4.42 Å². The summed E-state index contributed by atoms with van der Waals surface area (Å²) < 4.78 is 5.19. The zero-order valence-electron chi connectivity index (χ0n) is 7.27. The summed E-state index contributed by atoms with van der Waals surface area (Å²) in [7, 11) is 0. The minimum absolute atomic E-state index is 0.115. The van der Waals surface area contributed by atoms with Crippen LogP contribution >= 0.6 is 11.6 Å². The van der Waals surface area contributed by atoms with E-state index >= 15 is 0 Å². The van der Waals surface area contributed by atoms with Crippen molar-refractivity contribution in [3.8, 4) is 0 Å². The van der Waals surface area contributed by atoms with E-state index in [2.05, 4.69) is 22.3 Å². The van der Waals surface area contributed by atoms with Crippen LogP contribution in [-0.2, 0) is 6.42 Å². The van der Waals surface area contributed by atoms with E-state index in [-0.39, 0.29) is 11.3 Å². The molecule has 0 N–H and O–H groups in total. The molecule has 14 heavy (non-hydrogen) atoms. The summed E-state index contributed by atoms with van der Waals surface area (Å²) in [6, 6.07) is 8.25. The van der Waals surface area contributed by atoms with Gasteiger partial charge < -0.3 is 4.42 Å². The quantitative estimate of drug-likeness (QED) is 0.719. The highest BCUT2D eigenvalue weighted by atomic mass is 35.5. The molecule has 0 radical (unpaired) electrons. The zero-order chi connectivity index (χ0) is 9.54. The first-order valence-electron chi connectivity index (χ1n) is 4.41. The van der Waals surface area contributed by atoms with Crippen LogP contribution in [0, 0.1) is 0 Å². The van der Waals surface area contributed by atoms with Gasteiger partial charge in [-0.3, -0.25) is 0 Å². The largest absolute Gasteiger partial charge is 0.411 e. The van der Waals surface area contributed by atoms with Gasteiger partial charge >= 0.3 is 5.35 Å². The molecule has 1 unspecified atom stereocenters. The second-order valence-corrected chi connectivity index (χ2v) is 3.67. The molecule has 0 fully saturated rings. The highest BCUT2D eigenvalue weighted by Gasteiger charge is 2.31. The van der Waals surface area contributed by atoms with Crippen LogP contribution in [0.3, 0.4) is 0 Å². The van der Waals surface area contributed by atoms with Crippen molar-refractivity contribution in [3.05, 3.63) is 46.6 Å². The molecule has 1 aromatic carbocycles.